The summed E-state index contributed by atoms with van der Waals surface area (Å²) in [5, 5.41) is 0. The quantitative estimate of drug-likeness (QED) is 0.644. The normalized spacial score (nSPS) is 15.4. The zero-order chi connectivity index (χ0) is 9.72. The molecule has 0 aromatic rings. The first-order chi connectivity index (χ1) is 5.54. The molecule has 0 unspecified atom stereocenters. The molecule has 0 aliphatic rings. The van der Waals surface area contributed by atoms with E-state index in [0.717, 1.165) is 6.42 Å². The van der Waals surface area contributed by atoms with Crippen LogP contribution < -0.4 is 5.73 Å². The number of amides is 1. The SMILES string of the molecule is CC[C@H](C)[C@H](C)C(=O)N(C)CN. The van der Waals surface area contributed by atoms with E-state index in [4.69, 9.17) is 5.73 Å². The standard InChI is InChI=1S/C9H20N2O/c1-5-7(2)8(3)9(12)11(4)6-10/h7-8H,5-6,10H2,1-4H3/t7-,8-/m0/s1. The minimum Gasteiger partial charge on any atom is -0.333 e. The van der Waals surface area contributed by atoms with Gasteiger partial charge in [-0.25, -0.2) is 0 Å². The van der Waals surface area contributed by atoms with Crippen molar-refractivity contribution in [3.05, 3.63) is 0 Å². The molecular weight excluding hydrogens is 152 g/mol. The lowest BCUT2D eigenvalue weighted by atomic mass is 9.92. The molecule has 0 saturated heterocycles. The summed E-state index contributed by atoms with van der Waals surface area (Å²) in [6.45, 7) is 6.45. The van der Waals surface area contributed by atoms with Gasteiger partial charge in [0.25, 0.3) is 0 Å². The van der Waals surface area contributed by atoms with E-state index in [9.17, 15) is 4.79 Å². The van der Waals surface area contributed by atoms with Crippen LogP contribution in [-0.2, 0) is 4.79 Å². The smallest absolute Gasteiger partial charge is 0.226 e. The number of rotatable bonds is 4. The molecule has 72 valence electrons. The van der Waals surface area contributed by atoms with E-state index in [2.05, 4.69) is 13.8 Å². The predicted octanol–water partition coefficient (Wildman–Crippen LogP) is 1.04. The van der Waals surface area contributed by atoms with Crippen molar-refractivity contribution in [1.82, 2.24) is 4.90 Å². The Kier molecular flexibility index (Phi) is 4.90. The summed E-state index contributed by atoms with van der Waals surface area (Å²) in [6.07, 6.45) is 1.03. The van der Waals surface area contributed by atoms with Crippen LogP contribution in [0.15, 0.2) is 0 Å². The monoisotopic (exact) mass is 172 g/mol. The van der Waals surface area contributed by atoms with Crippen LogP contribution in [0, 0.1) is 11.8 Å². The summed E-state index contributed by atoms with van der Waals surface area (Å²) in [5.74, 6) is 0.668. The minimum atomic E-state index is 0.0866. The molecule has 0 fully saturated rings. The molecule has 2 atom stereocenters. The number of nitrogens with zero attached hydrogens (tertiary/aromatic N) is 1. The van der Waals surface area contributed by atoms with Gasteiger partial charge >= 0.3 is 0 Å². The van der Waals surface area contributed by atoms with Gasteiger partial charge in [-0.3, -0.25) is 4.79 Å². The highest BCUT2D eigenvalue weighted by Crippen LogP contribution is 2.16. The third-order valence-electron chi connectivity index (χ3n) is 2.54. The molecule has 3 heteroatoms. The molecule has 0 rings (SSSR count). The Bertz CT molecular complexity index is 147. The number of hydrogen-bond donors (Lipinski definition) is 1. The topological polar surface area (TPSA) is 46.3 Å². The third-order valence-corrected chi connectivity index (χ3v) is 2.54. The number of hydrogen-bond acceptors (Lipinski definition) is 2. The fourth-order valence-electron chi connectivity index (χ4n) is 1.03. The van der Waals surface area contributed by atoms with E-state index in [1.165, 1.54) is 0 Å². The second kappa shape index (κ2) is 5.14. The zero-order valence-corrected chi connectivity index (χ0v) is 8.50. The zero-order valence-electron chi connectivity index (χ0n) is 8.50. The van der Waals surface area contributed by atoms with Crippen LogP contribution in [0.4, 0.5) is 0 Å². The summed E-state index contributed by atoms with van der Waals surface area (Å²) >= 11 is 0. The Hall–Kier alpha value is -0.570. The molecule has 0 spiro atoms. The Balaban J connectivity index is 4.09. The van der Waals surface area contributed by atoms with Gasteiger partial charge in [0.15, 0.2) is 0 Å². The second-order valence-corrected chi connectivity index (χ2v) is 3.39. The lowest BCUT2D eigenvalue weighted by molar-refractivity contribution is -0.135. The van der Waals surface area contributed by atoms with E-state index in [0.29, 0.717) is 12.6 Å². The Morgan fingerprint density at radius 1 is 1.50 bits per heavy atom. The maximum absolute atomic E-state index is 11.5. The summed E-state index contributed by atoms with van der Waals surface area (Å²) in [6, 6.07) is 0. The van der Waals surface area contributed by atoms with E-state index in [-0.39, 0.29) is 11.8 Å². The van der Waals surface area contributed by atoms with Gasteiger partial charge in [0.2, 0.25) is 5.91 Å². The highest BCUT2D eigenvalue weighted by molar-refractivity contribution is 5.78. The lowest BCUT2D eigenvalue weighted by Gasteiger charge is -2.23. The van der Waals surface area contributed by atoms with E-state index < -0.39 is 0 Å². The maximum Gasteiger partial charge on any atom is 0.226 e. The van der Waals surface area contributed by atoms with Gasteiger partial charge in [-0.1, -0.05) is 27.2 Å². The van der Waals surface area contributed by atoms with Crippen molar-refractivity contribution in [2.45, 2.75) is 27.2 Å². The first kappa shape index (κ1) is 11.4. The highest BCUT2D eigenvalue weighted by Gasteiger charge is 2.20. The maximum atomic E-state index is 11.5. The molecule has 0 saturated carbocycles. The molecular formula is C9H20N2O. The average molecular weight is 172 g/mol. The molecule has 0 radical (unpaired) electrons. The van der Waals surface area contributed by atoms with Gasteiger partial charge < -0.3 is 10.6 Å². The van der Waals surface area contributed by atoms with E-state index >= 15 is 0 Å². The Morgan fingerprint density at radius 3 is 2.33 bits per heavy atom. The largest absolute Gasteiger partial charge is 0.333 e. The van der Waals surface area contributed by atoms with E-state index in [1.807, 2.05) is 6.92 Å². The van der Waals surface area contributed by atoms with Gasteiger partial charge in [-0.05, 0) is 5.92 Å². The fraction of sp³-hybridized carbons (Fsp3) is 0.889. The van der Waals surface area contributed by atoms with Crippen LogP contribution in [0.1, 0.15) is 27.2 Å². The van der Waals surface area contributed by atoms with Crippen molar-refractivity contribution in [3.63, 3.8) is 0 Å². The van der Waals surface area contributed by atoms with Gasteiger partial charge in [-0.15, -0.1) is 0 Å². The molecule has 1 amide bonds. The van der Waals surface area contributed by atoms with Crippen molar-refractivity contribution in [3.8, 4) is 0 Å². The van der Waals surface area contributed by atoms with Crippen molar-refractivity contribution in [2.24, 2.45) is 17.6 Å². The van der Waals surface area contributed by atoms with Gasteiger partial charge in [-0.2, -0.15) is 0 Å². The van der Waals surface area contributed by atoms with Crippen LogP contribution >= 0.6 is 0 Å². The Labute approximate surface area is 74.9 Å². The summed E-state index contributed by atoms with van der Waals surface area (Å²) < 4.78 is 0. The molecule has 3 nitrogen and oxygen atoms in total. The first-order valence-corrected chi connectivity index (χ1v) is 4.49. The number of carbonyl (C=O) groups is 1. The Morgan fingerprint density at radius 2 is 2.00 bits per heavy atom. The molecule has 0 heterocycles. The predicted molar refractivity (Wildman–Crippen MR) is 50.4 cm³/mol. The second-order valence-electron chi connectivity index (χ2n) is 3.39. The summed E-state index contributed by atoms with van der Waals surface area (Å²) in [4.78, 5) is 13.1. The molecule has 0 aromatic carbocycles. The van der Waals surface area contributed by atoms with Crippen molar-refractivity contribution in [2.75, 3.05) is 13.7 Å². The molecule has 0 aliphatic heterocycles. The number of carbonyl (C=O) groups excluding carboxylic acids is 1. The molecule has 12 heavy (non-hydrogen) atoms. The molecule has 0 aliphatic carbocycles. The summed E-state index contributed by atoms with van der Waals surface area (Å²) in [5.41, 5.74) is 5.36. The minimum absolute atomic E-state index is 0.0866. The molecule has 2 N–H and O–H groups in total. The van der Waals surface area contributed by atoms with Crippen LogP contribution in [0.25, 0.3) is 0 Å². The van der Waals surface area contributed by atoms with Crippen molar-refractivity contribution < 1.29 is 4.79 Å². The first-order valence-electron chi connectivity index (χ1n) is 4.49. The van der Waals surface area contributed by atoms with Crippen LogP contribution in [-0.4, -0.2) is 24.5 Å². The van der Waals surface area contributed by atoms with Crippen LogP contribution in [0.2, 0.25) is 0 Å². The van der Waals surface area contributed by atoms with Gasteiger partial charge in [0.1, 0.15) is 0 Å². The van der Waals surface area contributed by atoms with Gasteiger partial charge in [0, 0.05) is 13.0 Å². The van der Waals surface area contributed by atoms with Crippen LogP contribution in [0.3, 0.4) is 0 Å². The number of nitrogens with two attached hydrogens (primary N) is 1. The fourth-order valence-corrected chi connectivity index (χ4v) is 1.03. The third kappa shape index (κ3) is 2.81. The van der Waals surface area contributed by atoms with Crippen molar-refractivity contribution >= 4 is 5.91 Å². The summed E-state index contributed by atoms with van der Waals surface area (Å²) in [7, 11) is 1.74. The van der Waals surface area contributed by atoms with Crippen molar-refractivity contribution in [1.29, 1.82) is 0 Å². The lowest BCUT2D eigenvalue weighted by Crippen LogP contribution is -2.37. The highest BCUT2D eigenvalue weighted by atomic mass is 16.2. The molecule has 0 aromatic heterocycles. The van der Waals surface area contributed by atoms with E-state index in [1.54, 1.807) is 11.9 Å². The average Bonchev–Trinajstić information content (AvgIpc) is 2.12. The van der Waals surface area contributed by atoms with Crippen LogP contribution in [0.5, 0.6) is 0 Å². The molecule has 0 bridgehead atoms. The van der Waals surface area contributed by atoms with Gasteiger partial charge in [0.05, 0.1) is 6.67 Å².